The van der Waals surface area contributed by atoms with Crippen molar-refractivity contribution in [1.82, 2.24) is 4.90 Å². The van der Waals surface area contributed by atoms with Gasteiger partial charge in [0.2, 0.25) is 11.8 Å². The third kappa shape index (κ3) is 3.64. The molecule has 26 heavy (non-hydrogen) atoms. The Kier molecular flexibility index (Phi) is 5.11. The molecule has 1 heterocycles. The van der Waals surface area contributed by atoms with E-state index >= 15 is 0 Å². The molecule has 1 fully saturated rings. The van der Waals surface area contributed by atoms with Gasteiger partial charge in [0.15, 0.2) is 0 Å². The van der Waals surface area contributed by atoms with Gasteiger partial charge in [-0.25, -0.2) is 4.39 Å². The van der Waals surface area contributed by atoms with Gasteiger partial charge in [-0.3, -0.25) is 19.3 Å². The molecule has 3 amide bonds. The number of nitrogens with zero attached hydrogens (tertiary/aromatic N) is 2. The summed E-state index contributed by atoms with van der Waals surface area (Å²) in [4.78, 5) is 39.0. The molecule has 0 N–H and O–H groups in total. The van der Waals surface area contributed by atoms with Crippen molar-refractivity contribution in [1.29, 1.82) is 0 Å². The molecule has 0 aliphatic carbocycles. The Morgan fingerprint density at radius 1 is 1.08 bits per heavy atom. The summed E-state index contributed by atoms with van der Waals surface area (Å²) in [5.41, 5.74) is 1.64. The molecular formula is C20H19FN2O3. The predicted molar refractivity (Wildman–Crippen MR) is 95.0 cm³/mol. The van der Waals surface area contributed by atoms with Crippen LogP contribution in [-0.4, -0.2) is 29.2 Å². The number of imide groups is 1. The van der Waals surface area contributed by atoms with Crippen LogP contribution < -0.4 is 4.90 Å². The fraction of sp³-hybridized carbons (Fsp3) is 0.250. The van der Waals surface area contributed by atoms with Gasteiger partial charge >= 0.3 is 0 Å². The molecule has 6 heteroatoms. The Morgan fingerprint density at radius 2 is 1.73 bits per heavy atom. The maximum Gasteiger partial charge on any atom is 0.254 e. The van der Waals surface area contributed by atoms with Crippen molar-refractivity contribution >= 4 is 23.4 Å². The van der Waals surface area contributed by atoms with Gasteiger partial charge < -0.3 is 4.90 Å². The topological polar surface area (TPSA) is 57.7 Å². The van der Waals surface area contributed by atoms with Gasteiger partial charge in [-0.1, -0.05) is 12.1 Å². The largest absolute Gasteiger partial charge is 0.335 e. The molecule has 0 spiro atoms. The van der Waals surface area contributed by atoms with Crippen LogP contribution in [0.3, 0.4) is 0 Å². The van der Waals surface area contributed by atoms with Crippen molar-refractivity contribution in [3.8, 4) is 0 Å². The molecule has 1 saturated heterocycles. The monoisotopic (exact) mass is 354 g/mol. The van der Waals surface area contributed by atoms with Crippen LogP contribution in [0, 0.1) is 5.82 Å². The molecule has 1 aliphatic heterocycles. The van der Waals surface area contributed by atoms with E-state index in [9.17, 15) is 18.8 Å². The van der Waals surface area contributed by atoms with Gasteiger partial charge in [0.25, 0.3) is 5.91 Å². The highest BCUT2D eigenvalue weighted by Crippen LogP contribution is 2.23. The molecule has 2 aromatic rings. The molecule has 0 unspecified atom stereocenters. The van der Waals surface area contributed by atoms with Crippen molar-refractivity contribution in [2.75, 3.05) is 11.4 Å². The molecule has 0 aromatic heterocycles. The molecule has 134 valence electrons. The second kappa shape index (κ2) is 7.47. The summed E-state index contributed by atoms with van der Waals surface area (Å²) in [5, 5.41) is 0. The SMILES string of the molecule is CCN(Cc1cccc(F)c1)C(=O)c1ccc(N2C(=O)CCC2=O)cc1. The minimum absolute atomic E-state index is 0.192. The van der Waals surface area contributed by atoms with Crippen molar-refractivity contribution in [3.05, 3.63) is 65.5 Å². The van der Waals surface area contributed by atoms with Crippen LogP contribution in [0.15, 0.2) is 48.5 Å². The Balaban J connectivity index is 1.76. The highest BCUT2D eigenvalue weighted by Gasteiger charge is 2.30. The van der Waals surface area contributed by atoms with Crippen LogP contribution in [0.2, 0.25) is 0 Å². The fourth-order valence-electron chi connectivity index (χ4n) is 2.98. The van der Waals surface area contributed by atoms with E-state index in [2.05, 4.69) is 0 Å². The third-order valence-electron chi connectivity index (χ3n) is 4.36. The van der Waals surface area contributed by atoms with Gasteiger partial charge in [0.1, 0.15) is 5.82 Å². The van der Waals surface area contributed by atoms with Crippen LogP contribution in [0.5, 0.6) is 0 Å². The molecule has 2 aromatic carbocycles. The number of hydrogen-bond acceptors (Lipinski definition) is 3. The molecule has 0 saturated carbocycles. The standard InChI is InChI=1S/C20H19FN2O3/c1-2-22(13-14-4-3-5-16(21)12-14)20(26)15-6-8-17(9-7-15)23-18(24)10-11-19(23)25/h3-9,12H,2,10-11,13H2,1H3. The van der Waals surface area contributed by atoms with Crippen molar-refractivity contribution in [2.24, 2.45) is 0 Å². The van der Waals surface area contributed by atoms with E-state index in [0.29, 0.717) is 29.9 Å². The molecule has 1 aliphatic rings. The summed E-state index contributed by atoms with van der Waals surface area (Å²) in [6.45, 7) is 2.63. The Bertz CT molecular complexity index is 832. The maximum absolute atomic E-state index is 13.3. The van der Waals surface area contributed by atoms with Gasteiger partial charge in [-0.2, -0.15) is 0 Å². The minimum atomic E-state index is -0.338. The summed E-state index contributed by atoms with van der Waals surface area (Å²) in [6.07, 6.45) is 0.438. The van der Waals surface area contributed by atoms with E-state index in [0.717, 1.165) is 4.90 Å². The number of benzene rings is 2. The van der Waals surface area contributed by atoms with Crippen molar-refractivity contribution in [2.45, 2.75) is 26.3 Å². The first-order chi connectivity index (χ1) is 12.5. The van der Waals surface area contributed by atoms with Crippen molar-refractivity contribution < 1.29 is 18.8 Å². The Morgan fingerprint density at radius 3 is 2.31 bits per heavy atom. The van der Waals surface area contributed by atoms with Crippen LogP contribution in [0.25, 0.3) is 0 Å². The number of rotatable bonds is 5. The average Bonchev–Trinajstić information content (AvgIpc) is 2.98. The summed E-state index contributed by atoms with van der Waals surface area (Å²) in [6, 6.07) is 12.6. The van der Waals surface area contributed by atoms with Gasteiger partial charge in [-0.05, 0) is 48.9 Å². The lowest BCUT2D eigenvalue weighted by Crippen LogP contribution is -2.31. The highest BCUT2D eigenvalue weighted by atomic mass is 19.1. The van der Waals surface area contributed by atoms with Crippen LogP contribution in [0.1, 0.15) is 35.7 Å². The summed E-state index contributed by atoms with van der Waals surface area (Å²) in [5.74, 6) is -0.983. The molecule has 0 atom stereocenters. The molecular weight excluding hydrogens is 335 g/mol. The van der Waals surface area contributed by atoms with Gasteiger partial charge in [0, 0.05) is 31.5 Å². The number of hydrogen-bond donors (Lipinski definition) is 0. The fourth-order valence-corrected chi connectivity index (χ4v) is 2.98. The second-order valence-corrected chi connectivity index (χ2v) is 6.12. The van der Waals surface area contributed by atoms with E-state index in [1.165, 1.54) is 12.1 Å². The van der Waals surface area contributed by atoms with Gasteiger partial charge in [0.05, 0.1) is 5.69 Å². The zero-order valence-electron chi connectivity index (χ0n) is 14.4. The van der Waals surface area contributed by atoms with E-state index in [1.54, 1.807) is 41.3 Å². The first-order valence-electron chi connectivity index (χ1n) is 8.49. The lowest BCUT2D eigenvalue weighted by Gasteiger charge is -2.21. The lowest BCUT2D eigenvalue weighted by atomic mass is 10.1. The second-order valence-electron chi connectivity index (χ2n) is 6.12. The Labute approximate surface area is 151 Å². The molecule has 0 bridgehead atoms. The minimum Gasteiger partial charge on any atom is -0.335 e. The van der Waals surface area contributed by atoms with E-state index < -0.39 is 0 Å². The average molecular weight is 354 g/mol. The normalized spacial score (nSPS) is 14.0. The van der Waals surface area contributed by atoms with Gasteiger partial charge in [-0.15, -0.1) is 0 Å². The summed E-state index contributed by atoms with van der Waals surface area (Å²) in [7, 11) is 0. The van der Waals surface area contributed by atoms with Crippen LogP contribution >= 0.6 is 0 Å². The zero-order chi connectivity index (χ0) is 18.7. The molecule has 5 nitrogen and oxygen atoms in total. The quantitative estimate of drug-likeness (QED) is 0.775. The third-order valence-corrected chi connectivity index (χ3v) is 4.36. The molecule has 3 rings (SSSR count). The number of halogens is 1. The highest BCUT2D eigenvalue weighted by molar-refractivity contribution is 6.19. The first kappa shape index (κ1) is 17.8. The lowest BCUT2D eigenvalue weighted by molar-refractivity contribution is -0.121. The zero-order valence-corrected chi connectivity index (χ0v) is 14.4. The number of anilines is 1. The predicted octanol–water partition coefficient (Wildman–Crippen LogP) is 3.14. The van der Waals surface area contributed by atoms with E-state index in [1.807, 2.05) is 6.92 Å². The summed E-state index contributed by atoms with van der Waals surface area (Å²) >= 11 is 0. The first-order valence-corrected chi connectivity index (χ1v) is 8.49. The van der Waals surface area contributed by atoms with Crippen LogP contribution in [0.4, 0.5) is 10.1 Å². The number of carbonyl (C=O) groups excluding carboxylic acids is 3. The molecule has 0 radical (unpaired) electrons. The number of amides is 3. The summed E-state index contributed by atoms with van der Waals surface area (Å²) < 4.78 is 13.3. The van der Waals surface area contributed by atoms with Crippen molar-refractivity contribution in [3.63, 3.8) is 0 Å². The Hall–Kier alpha value is -3.02. The number of carbonyl (C=O) groups is 3. The van der Waals surface area contributed by atoms with Crippen LogP contribution in [-0.2, 0) is 16.1 Å². The maximum atomic E-state index is 13.3. The van der Waals surface area contributed by atoms with E-state index in [4.69, 9.17) is 0 Å². The van der Waals surface area contributed by atoms with E-state index in [-0.39, 0.29) is 36.4 Å². The smallest absolute Gasteiger partial charge is 0.254 e.